The van der Waals surface area contributed by atoms with Crippen molar-refractivity contribution in [3.8, 4) is 0 Å². The summed E-state index contributed by atoms with van der Waals surface area (Å²) >= 11 is 0. The molecule has 0 fully saturated rings. The number of rotatable bonds is 4. The standard InChI is InChI=1S/C16H24N2O/c1-11(2)8-12(3)18-16(19)14-9-13-6-4-5-7-15(13)17-10-14/h4-7,11-12,14,17H,8-10H2,1-3H3,(H,18,19). The summed E-state index contributed by atoms with van der Waals surface area (Å²) in [6.07, 6.45) is 1.87. The highest BCUT2D eigenvalue weighted by Crippen LogP contribution is 2.24. The average Bonchev–Trinajstić information content (AvgIpc) is 2.37. The Bertz CT molecular complexity index is 442. The molecule has 2 unspecified atom stereocenters. The topological polar surface area (TPSA) is 41.1 Å². The van der Waals surface area contributed by atoms with Gasteiger partial charge in [-0.05, 0) is 37.3 Å². The van der Waals surface area contributed by atoms with Crippen LogP contribution in [-0.2, 0) is 11.2 Å². The molecule has 1 aliphatic heterocycles. The molecule has 104 valence electrons. The van der Waals surface area contributed by atoms with Crippen LogP contribution < -0.4 is 10.6 Å². The molecule has 0 aromatic heterocycles. The van der Waals surface area contributed by atoms with Crippen LogP contribution in [0.25, 0.3) is 0 Å². The fraction of sp³-hybridized carbons (Fsp3) is 0.562. The van der Waals surface area contributed by atoms with Crippen LogP contribution >= 0.6 is 0 Å². The number of hydrogen-bond acceptors (Lipinski definition) is 2. The average molecular weight is 260 g/mol. The van der Waals surface area contributed by atoms with E-state index in [4.69, 9.17) is 0 Å². The lowest BCUT2D eigenvalue weighted by atomic mass is 9.93. The quantitative estimate of drug-likeness (QED) is 0.874. The van der Waals surface area contributed by atoms with E-state index < -0.39 is 0 Å². The van der Waals surface area contributed by atoms with Gasteiger partial charge in [-0.3, -0.25) is 4.79 Å². The van der Waals surface area contributed by atoms with Gasteiger partial charge in [0.1, 0.15) is 0 Å². The van der Waals surface area contributed by atoms with E-state index in [0.29, 0.717) is 5.92 Å². The van der Waals surface area contributed by atoms with E-state index in [9.17, 15) is 4.79 Å². The van der Waals surface area contributed by atoms with Gasteiger partial charge in [0, 0.05) is 18.3 Å². The summed E-state index contributed by atoms with van der Waals surface area (Å²) in [6.45, 7) is 7.18. The van der Waals surface area contributed by atoms with Crippen molar-refractivity contribution in [1.82, 2.24) is 5.32 Å². The minimum Gasteiger partial charge on any atom is -0.384 e. The second-order valence-corrected chi connectivity index (χ2v) is 5.98. The molecule has 1 aliphatic rings. The summed E-state index contributed by atoms with van der Waals surface area (Å²) in [5.74, 6) is 0.833. The molecule has 2 N–H and O–H groups in total. The van der Waals surface area contributed by atoms with Crippen molar-refractivity contribution in [3.05, 3.63) is 29.8 Å². The Labute approximate surface area is 115 Å². The first-order valence-electron chi connectivity index (χ1n) is 7.18. The first-order valence-corrected chi connectivity index (χ1v) is 7.18. The van der Waals surface area contributed by atoms with Crippen LogP contribution in [0.1, 0.15) is 32.8 Å². The van der Waals surface area contributed by atoms with Crippen molar-refractivity contribution in [2.75, 3.05) is 11.9 Å². The SMILES string of the molecule is CC(C)CC(C)NC(=O)C1CNc2ccccc2C1. The normalized spacial score (nSPS) is 19.5. The predicted molar refractivity (Wildman–Crippen MR) is 79.2 cm³/mol. The molecule has 0 spiro atoms. The Morgan fingerprint density at radius 2 is 2.11 bits per heavy atom. The Kier molecular flexibility index (Phi) is 4.46. The van der Waals surface area contributed by atoms with Gasteiger partial charge >= 0.3 is 0 Å². The second-order valence-electron chi connectivity index (χ2n) is 5.98. The minimum atomic E-state index is 0.0458. The van der Waals surface area contributed by atoms with Crippen molar-refractivity contribution in [2.24, 2.45) is 11.8 Å². The lowest BCUT2D eigenvalue weighted by Crippen LogP contribution is -2.42. The van der Waals surface area contributed by atoms with Gasteiger partial charge in [0.05, 0.1) is 5.92 Å². The van der Waals surface area contributed by atoms with Gasteiger partial charge in [0.25, 0.3) is 0 Å². The van der Waals surface area contributed by atoms with E-state index in [2.05, 4.69) is 43.5 Å². The number of anilines is 1. The largest absolute Gasteiger partial charge is 0.384 e. The van der Waals surface area contributed by atoms with Gasteiger partial charge in [0.15, 0.2) is 0 Å². The van der Waals surface area contributed by atoms with Crippen LogP contribution in [0.15, 0.2) is 24.3 Å². The van der Waals surface area contributed by atoms with Crippen LogP contribution in [-0.4, -0.2) is 18.5 Å². The van der Waals surface area contributed by atoms with Gasteiger partial charge in [-0.25, -0.2) is 0 Å². The van der Waals surface area contributed by atoms with Crippen molar-refractivity contribution in [1.29, 1.82) is 0 Å². The number of carbonyl (C=O) groups excluding carboxylic acids is 1. The molecular formula is C16H24N2O. The molecule has 0 saturated carbocycles. The molecule has 1 aromatic rings. The third-order valence-electron chi connectivity index (χ3n) is 3.61. The van der Waals surface area contributed by atoms with E-state index in [0.717, 1.165) is 19.4 Å². The monoisotopic (exact) mass is 260 g/mol. The molecule has 19 heavy (non-hydrogen) atoms. The number of para-hydroxylation sites is 1. The fourth-order valence-electron chi connectivity index (χ4n) is 2.75. The zero-order valence-corrected chi connectivity index (χ0v) is 12.1. The maximum Gasteiger partial charge on any atom is 0.225 e. The van der Waals surface area contributed by atoms with E-state index in [1.807, 2.05) is 12.1 Å². The Morgan fingerprint density at radius 1 is 1.37 bits per heavy atom. The number of nitrogens with one attached hydrogen (secondary N) is 2. The number of benzene rings is 1. The Hall–Kier alpha value is -1.51. The van der Waals surface area contributed by atoms with Gasteiger partial charge in [-0.2, -0.15) is 0 Å². The molecule has 0 radical (unpaired) electrons. The fourth-order valence-corrected chi connectivity index (χ4v) is 2.75. The van der Waals surface area contributed by atoms with Crippen LogP contribution in [0.3, 0.4) is 0 Å². The first-order chi connectivity index (χ1) is 9.06. The number of carbonyl (C=O) groups is 1. The summed E-state index contributed by atoms with van der Waals surface area (Å²) in [7, 11) is 0. The molecule has 2 atom stereocenters. The summed E-state index contributed by atoms with van der Waals surface area (Å²) in [6, 6.07) is 8.48. The van der Waals surface area contributed by atoms with E-state index in [1.54, 1.807) is 0 Å². The van der Waals surface area contributed by atoms with Gasteiger partial charge in [0.2, 0.25) is 5.91 Å². The van der Waals surface area contributed by atoms with Crippen molar-refractivity contribution in [2.45, 2.75) is 39.7 Å². The zero-order chi connectivity index (χ0) is 13.8. The van der Waals surface area contributed by atoms with Crippen LogP contribution in [0, 0.1) is 11.8 Å². The van der Waals surface area contributed by atoms with Crippen LogP contribution in [0.4, 0.5) is 5.69 Å². The number of hydrogen-bond donors (Lipinski definition) is 2. The molecule has 1 aromatic carbocycles. The molecule has 0 saturated heterocycles. The number of amides is 1. The molecule has 1 heterocycles. The minimum absolute atomic E-state index is 0.0458. The van der Waals surface area contributed by atoms with Crippen LogP contribution in [0.5, 0.6) is 0 Å². The highest BCUT2D eigenvalue weighted by molar-refractivity contribution is 5.81. The summed E-state index contributed by atoms with van der Waals surface area (Å²) in [4.78, 5) is 12.2. The molecule has 1 amide bonds. The Balaban J connectivity index is 1.92. The third-order valence-corrected chi connectivity index (χ3v) is 3.61. The lowest BCUT2D eigenvalue weighted by Gasteiger charge is -2.27. The van der Waals surface area contributed by atoms with Crippen molar-refractivity contribution in [3.63, 3.8) is 0 Å². The van der Waals surface area contributed by atoms with Gasteiger partial charge in [-0.15, -0.1) is 0 Å². The lowest BCUT2D eigenvalue weighted by molar-refractivity contribution is -0.125. The molecule has 3 nitrogen and oxygen atoms in total. The van der Waals surface area contributed by atoms with E-state index >= 15 is 0 Å². The molecule has 0 aliphatic carbocycles. The molecule has 2 rings (SSSR count). The zero-order valence-electron chi connectivity index (χ0n) is 12.1. The third kappa shape index (κ3) is 3.72. The van der Waals surface area contributed by atoms with Gasteiger partial charge < -0.3 is 10.6 Å². The van der Waals surface area contributed by atoms with Crippen LogP contribution in [0.2, 0.25) is 0 Å². The molecule has 0 bridgehead atoms. The number of fused-ring (bicyclic) bond motifs is 1. The smallest absolute Gasteiger partial charge is 0.225 e. The van der Waals surface area contributed by atoms with Crippen molar-refractivity contribution < 1.29 is 4.79 Å². The predicted octanol–water partition coefficient (Wildman–Crippen LogP) is 2.82. The Morgan fingerprint density at radius 3 is 2.84 bits per heavy atom. The van der Waals surface area contributed by atoms with Crippen molar-refractivity contribution >= 4 is 11.6 Å². The summed E-state index contributed by atoms with van der Waals surface area (Å²) < 4.78 is 0. The molecule has 3 heteroatoms. The highest BCUT2D eigenvalue weighted by Gasteiger charge is 2.25. The van der Waals surface area contributed by atoms with Gasteiger partial charge in [-0.1, -0.05) is 32.0 Å². The molecular weight excluding hydrogens is 236 g/mol. The maximum absolute atomic E-state index is 12.2. The summed E-state index contributed by atoms with van der Waals surface area (Å²) in [5.41, 5.74) is 2.41. The first kappa shape index (κ1) is 13.9. The maximum atomic E-state index is 12.2. The second kappa shape index (κ2) is 6.09. The van der Waals surface area contributed by atoms with E-state index in [1.165, 1.54) is 11.3 Å². The van der Waals surface area contributed by atoms with E-state index in [-0.39, 0.29) is 17.9 Å². The highest BCUT2D eigenvalue weighted by atomic mass is 16.1. The summed E-state index contributed by atoms with van der Waals surface area (Å²) in [5, 5.41) is 6.48.